The van der Waals surface area contributed by atoms with Gasteiger partial charge in [0.2, 0.25) is 0 Å². The Labute approximate surface area is 114 Å². The van der Waals surface area contributed by atoms with Gasteiger partial charge in [-0.25, -0.2) is 8.78 Å². The lowest BCUT2D eigenvalue weighted by molar-refractivity contribution is 0.104. The molecule has 0 heterocycles. The zero-order valence-corrected chi connectivity index (χ0v) is 10.5. The maximum absolute atomic E-state index is 13.0. The molecule has 0 amide bonds. The minimum absolute atomic E-state index is 0.0963. The molecule has 0 spiro atoms. The Morgan fingerprint density at radius 3 is 2.37 bits per heavy atom. The van der Waals surface area contributed by atoms with Crippen LogP contribution in [0.5, 0.6) is 0 Å². The van der Waals surface area contributed by atoms with Gasteiger partial charge in [-0.2, -0.15) is 0 Å². The third kappa shape index (κ3) is 3.48. The molecule has 0 aliphatic heterocycles. The monoisotopic (exact) mass is 278 g/mol. The fourth-order valence-corrected chi connectivity index (χ4v) is 1.67. The van der Waals surface area contributed by atoms with Crippen molar-refractivity contribution in [3.8, 4) is 0 Å². The lowest BCUT2D eigenvalue weighted by Crippen LogP contribution is -1.94. The van der Waals surface area contributed by atoms with E-state index >= 15 is 0 Å². The molecule has 0 saturated carbocycles. The first kappa shape index (κ1) is 13.4. The Kier molecular flexibility index (Phi) is 4.07. The SMILES string of the molecule is O=C(C=Cc1ccc(F)cc1)c1ccc(F)c(Cl)c1. The summed E-state index contributed by atoms with van der Waals surface area (Å²) in [5, 5.41) is -0.0963. The van der Waals surface area contributed by atoms with Gasteiger partial charge >= 0.3 is 0 Å². The van der Waals surface area contributed by atoms with Crippen LogP contribution in [-0.2, 0) is 0 Å². The van der Waals surface area contributed by atoms with Gasteiger partial charge in [-0.1, -0.05) is 29.8 Å². The Balaban J connectivity index is 2.16. The summed E-state index contributed by atoms with van der Waals surface area (Å²) in [4.78, 5) is 11.8. The zero-order chi connectivity index (χ0) is 13.8. The summed E-state index contributed by atoms with van der Waals surface area (Å²) in [7, 11) is 0. The molecule has 0 N–H and O–H groups in total. The quantitative estimate of drug-likeness (QED) is 0.596. The van der Waals surface area contributed by atoms with E-state index in [1.165, 1.54) is 30.3 Å². The lowest BCUT2D eigenvalue weighted by Gasteiger charge is -1.98. The number of benzene rings is 2. The van der Waals surface area contributed by atoms with Crippen LogP contribution in [0.15, 0.2) is 48.5 Å². The molecule has 0 unspecified atom stereocenters. The number of rotatable bonds is 3. The van der Waals surface area contributed by atoms with Crippen molar-refractivity contribution >= 4 is 23.5 Å². The third-order valence-corrected chi connectivity index (χ3v) is 2.79. The molecular weight excluding hydrogens is 270 g/mol. The molecule has 0 bridgehead atoms. The second kappa shape index (κ2) is 5.76. The number of hydrogen-bond acceptors (Lipinski definition) is 1. The maximum Gasteiger partial charge on any atom is 0.185 e. The smallest absolute Gasteiger partial charge is 0.185 e. The molecule has 0 fully saturated rings. The average molecular weight is 279 g/mol. The fourth-order valence-electron chi connectivity index (χ4n) is 1.49. The van der Waals surface area contributed by atoms with Crippen molar-refractivity contribution in [1.82, 2.24) is 0 Å². The molecule has 2 aromatic rings. The van der Waals surface area contributed by atoms with Gasteiger partial charge in [0, 0.05) is 5.56 Å². The average Bonchev–Trinajstić information content (AvgIpc) is 2.41. The molecule has 19 heavy (non-hydrogen) atoms. The summed E-state index contributed by atoms with van der Waals surface area (Å²) < 4.78 is 25.6. The van der Waals surface area contributed by atoms with Crippen molar-refractivity contribution in [3.05, 3.63) is 76.3 Å². The normalized spacial score (nSPS) is 10.9. The predicted molar refractivity (Wildman–Crippen MR) is 71.2 cm³/mol. The molecule has 0 atom stereocenters. The van der Waals surface area contributed by atoms with Crippen LogP contribution in [0.3, 0.4) is 0 Å². The first-order chi connectivity index (χ1) is 9.06. The Bertz CT molecular complexity index is 633. The van der Waals surface area contributed by atoms with E-state index < -0.39 is 5.82 Å². The van der Waals surface area contributed by atoms with E-state index in [0.29, 0.717) is 11.1 Å². The zero-order valence-electron chi connectivity index (χ0n) is 9.74. The highest BCUT2D eigenvalue weighted by atomic mass is 35.5. The highest BCUT2D eigenvalue weighted by molar-refractivity contribution is 6.31. The van der Waals surface area contributed by atoms with E-state index in [2.05, 4.69) is 0 Å². The Morgan fingerprint density at radius 1 is 1.05 bits per heavy atom. The molecule has 96 valence electrons. The van der Waals surface area contributed by atoms with Crippen molar-refractivity contribution < 1.29 is 13.6 Å². The van der Waals surface area contributed by atoms with Crippen molar-refractivity contribution in [2.75, 3.05) is 0 Å². The molecule has 0 radical (unpaired) electrons. The number of allylic oxidation sites excluding steroid dienone is 1. The van der Waals surface area contributed by atoms with Gasteiger partial charge in [-0.15, -0.1) is 0 Å². The number of carbonyl (C=O) groups excluding carboxylic acids is 1. The minimum atomic E-state index is -0.569. The summed E-state index contributed by atoms with van der Waals surface area (Å²) in [6.45, 7) is 0. The largest absolute Gasteiger partial charge is 0.289 e. The Hall–Kier alpha value is -2.00. The van der Waals surface area contributed by atoms with Crippen molar-refractivity contribution in [1.29, 1.82) is 0 Å². The van der Waals surface area contributed by atoms with Gasteiger partial charge in [0.25, 0.3) is 0 Å². The van der Waals surface area contributed by atoms with Crippen LogP contribution in [0.25, 0.3) is 6.08 Å². The van der Waals surface area contributed by atoms with Gasteiger partial charge < -0.3 is 0 Å². The van der Waals surface area contributed by atoms with Crippen molar-refractivity contribution in [2.24, 2.45) is 0 Å². The number of halogens is 3. The van der Waals surface area contributed by atoms with E-state index in [1.807, 2.05) is 0 Å². The van der Waals surface area contributed by atoms with E-state index in [1.54, 1.807) is 18.2 Å². The van der Waals surface area contributed by atoms with Crippen LogP contribution in [0.4, 0.5) is 8.78 Å². The van der Waals surface area contributed by atoms with Crippen molar-refractivity contribution in [2.45, 2.75) is 0 Å². The summed E-state index contributed by atoms with van der Waals surface area (Å²) in [6.07, 6.45) is 2.88. The molecule has 1 nitrogen and oxygen atoms in total. The molecule has 0 aliphatic rings. The second-order valence-corrected chi connectivity index (χ2v) is 4.29. The van der Waals surface area contributed by atoms with Crippen LogP contribution in [0.1, 0.15) is 15.9 Å². The van der Waals surface area contributed by atoms with Crippen LogP contribution in [0, 0.1) is 11.6 Å². The maximum atomic E-state index is 13.0. The molecule has 2 rings (SSSR count). The van der Waals surface area contributed by atoms with Crippen LogP contribution >= 0.6 is 11.6 Å². The van der Waals surface area contributed by atoms with E-state index in [9.17, 15) is 13.6 Å². The molecular formula is C15H9ClF2O. The molecule has 0 aromatic heterocycles. The standard InChI is InChI=1S/C15H9ClF2O/c16-13-9-11(4-7-14(13)18)15(19)8-3-10-1-5-12(17)6-2-10/h1-9H. The second-order valence-electron chi connectivity index (χ2n) is 3.88. The minimum Gasteiger partial charge on any atom is -0.289 e. The molecule has 2 aromatic carbocycles. The van der Waals surface area contributed by atoms with Crippen LogP contribution in [-0.4, -0.2) is 5.78 Å². The van der Waals surface area contributed by atoms with E-state index in [0.717, 1.165) is 6.07 Å². The molecule has 0 aliphatic carbocycles. The summed E-state index contributed by atoms with van der Waals surface area (Å²) >= 11 is 5.60. The van der Waals surface area contributed by atoms with Gasteiger partial charge in [0.1, 0.15) is 11.6 Å². The first-order valence-corrected chi connectivity index (χ1v) is 5.87. The number of ketones is 1. The topological polar surface area (TPSA) is 17.1 Å². The highest BCUT2D eigenvalue weighted by Crippen LogP contribution is 2.17. The third-order valence-electron chi connectivity index (χ3n) is 2.50. The van der Waals surface area contributed by atoms with Gasteiger partial charge in [-0.05, 0) is 42.0 Å². The lowest BCUT2D eigenvalue weighted by atomic mass is 10.1. The van der Waals surface area contributed by atoms with Crippen LogP contribution in [0.2, 0.25) is 5.02 Å². The van der Waals surface area contributed by atoms with Gasteiger partial charge in [-0.3, -0.25) is 4.79 Å². The van der Waals surface area contributed by atoms with E-state index in [-0.39, 0.29) is 16.6 Å². The fraction of sp³-hybridized carbons (Fsp3) is 0. The van der Waals surface area contributed by atoms with Gasteiger partial charge in [0.15, 0.2) is 5.78 Å². The highest BCUT2D eigenvalue weighted by Gasteiger charge is 2.05. The Morgan fingerprint density at radius 2 is 1.74 bits per heavy atom. The predicted octanol–water partition coefficient (Wildman–Crippen LogP) is 4.51. The summed E-state index contributed by atoms with van der Waals surface area (Å²) in [5.74, 6) is -1.21. The molecule has 4 heteroatoms. The first-order valence-electron chi connectivity index (χ1n) is 5.49. The number of carbonyl (C=O) groups is 1. The van der Waals surface area contributed by atoms with Crippen molar-refractivity contribution in [3.63, 3.8) is 0 Å². The number of hydrogen-bond donors (Lipinski definition) is 0. The molecule has 0 saturated heterocycles. The summed E-state index contributed by atoms with van der Waals surface area (Å²) in [6, 6.07) is 9.49. The summed E-state index contributed by atoms with van der Waals surface area (Å²) in [5.41, 5.74) is 0.993. The van der Waals surface area contributed by atoms with Crippen LogP contribution < -0.4 is 0 Å². The van der Waals surface area contributed by atoms with E-state index in [4.69, 9.17) is 11.6 Å². The van der Waals surface area contributed by atoms with Gasteiger partial charge in [0.05, 0.1) is 5.02 Å².